The topological polar surface area (TPSA) is 90.9 Å². The number of aliphatic hydroxyl groups is 1. The van der Waals surface area contributed by atoms with E-state index in [2.05, 4.69) is 10.9 Å². The highest BCUT2D eigenvalue weighted by molar-refractivity contribution is 5.95. The molecule has 1 aromatic rings. The fraction of sp³-hybridized carbons (Fsp3) is 0.429. The normalized spacial score (nSPS) is 19.0. The fourth-order valence-corrected chi connectivity index (χ4v) is 2.07. The zero-order chi connectivity index (χ0) is 15.1. The van der Waals surface area contributed by atoms with Gasteiger partial charge in [0.25, 0.3) is 11.8 Å². The van der Waals surface area contributed by atoms with Crippen LogP contribution in [0.4, 0.5) is 0 Å². The maximum atomic E-state index is 11.8. The van der Waals surface area contributed by atoms with Crippen molar-refractivity contribution in [3.05, 3.63) is 35.9 Å². The molecule has 0 saturated carbocycles. The summed E-state index contributed by atoms with van der Waals surface area (Å²) in [7, 11) is 0. The quantitative estimate of drug-likeness (QED) is 0.629. The molecule has 1 saturated heterocycles. The highest BCUT2D eigenvalue weighted by atomic mass is 16.5. The zero-order valence-electron chi connectivity index (χ0n) is 11.6. The van der Waals surface area contributed by atoms with Gasteiger partial charge in [0, 0.05) is 18.7 Å². The molecule has 114 valence electrons. The average molecular weight is 293 g/mol. The summed E-state index contributed by atoms with van der Waals surface area (Å²) in [6.45, 7) is 1.68. The summed E-state index contributed by atoms with van der Waals surface area (Å²) >= 11 is 0. The van der Waals surface area contributed by atoms with E-state index in [4.69, 9.17) is 9.84 Å². The molecule has 7 heteroatoms. The summed E-state index contributed by atoms with van der Waals surface area (Å²) in [5, 5.41) is 9.04. The SMILES string of the molecule is O=C(CN1CCOC(CO)C1)NNC(=O)c1ccccc1. The van der Waals surface area contributed by atoms with Crippen molar-refractivity contribution in [2.24, 2.45) is 0 Å². The van der Waals surface area contributed by atoms with Crippen LogP contribution in [0, 0.1) is 0 Å². The standard InChI is InChI=1S/C14H19N3O4/c18-10-12-8-17(6-7-21-12)9-13(19)15-16-14(20)11-4-2-1-3-5-11/h1-5,12,18H,6-10H2,(H,15,19)(H,16,20). The number of ether oxygens (including phenoxy) is 1. The highest BCUT2D eigenvalue weighted by Gasteiger charge is 2.21. The molecule has 7 nitrogen and oxygen atoms in total. The van der Waals surface area contributed by atoms with Gasteiger partial charge in [0.15, 0.2) is 0 Å². The molecule has 1 aromatic carbocycles. The molecule has 2 amide bonds. The van der Waals surface area contributed by atoms with Gasteiger partial charge >= 0.3 is 0 Å². The third kappa shape index (κ3) is 4.82. The number of carbonyl (C=O) groups excluding carboxylic acids is 2. The molecule has 0 radical (unpaired) electrons. The number of carbonyl (C=O) groups is 2. The van der Waals surface area contributed by atoms with Crippen LogP contribution in [-0.2, 0) is 9.53 Å². The Hall–Kier alpha value is -1.96. The molecule has 1 aliphatic rings. The summed E-state index contributed by atoms with van der Waals surface area (Å²) in [6.07, 6.45) is -0.259. The molecular formula is C14H19N3O4. The van der Waals surface area contributed by atoms with Gasteiger partial charge in [0.05, 0.1) is 25.9 Å². The van der Waals surface area contributed by atoms with Crippen LogP contribution in [-0.4, -0.2) is 60.8 Å². The molecule has 2 rings (SSSR count). The van der Waals surface area contributed by atoms with Crippen LogP contribution in [0.1, 0.15) is 10.4 Å². The molecule has 0 spiro atoms. The Labute approximate surface area is 122 Å². The van der Waals surface area contributed by atoms with Crippen LogP contribution >= 0.6 is 0 Å². The van der Waals surface area contributed by atoms with E-state index < -0.39 is 0 Å². The van der Waals surface area contributed by atoms with E-state index in [1.54, 1.807) is 24.3 Å². The number of amides is 2. The number of aliphatic hydroxyl groups excluding tert-OH is 1. The lowest BCUT2D eigenvalue weighted by atomic mass is 10.2. The smallest absolute Gasteiger partial charge is 0.269 e. The number of hydrogen-bond donors (Lipinski definition) is 3. The zero-order valence-corrected chi connectivity index (χ0v) is 11.6. The number of nitrogens with one attached hydrogen (secondary N) is 2. The minimum Gasteiger partial charge on any atom is -0.394 e. The molecule has 1 aliphatic heterocycles. The lowest BCUT2D eigenvalue weighted by Gasteiger charge is -2.31. The second-order valence-corrected chi connectivity index (χ2v) is 4.78. The maximum absolute atomic E-state index is 11.8. The molecule has 0 bridgehead atoms. The van der Waals surface area contributed by atoms with E-state index in [0.29, 0.717) is 25.3 Å². The molecule has 3 N–H and O–H groups in total. The lowest BCUT2D eigenvalue weighted by Crippen LogP contribution is -2.51. The van der Waals surface area contributed by atoms with Gasteiger partial charge in [-0.1, -0.05) is 18.2 Å². The molecule has 1 atom stereocenters. The largest absolute Gasteiger partial charge is 0.394 e. The van der Waals surface area contributed by atoms with Crippen molar-refractivity contribution < 1.29 is 19.4 Å². The van der Waals surface area contributed by atoms with Crippen molar-refractivity contribution in [3.8, 4) is 0 Å². The number of morpholine rings is 1. The Morgan fingerprint density at radius 3 is 2.76 bits per heavy atom. The van der Waals surface area contributed by atoms with Gasteiger partial charge in [-0.2, -0.15) is 0 Å². The molecule has 1 fully saturated rings. The maximum Gasteiger partial charge on any atom is 0.269 e. The van der Waals surface area contributed by atoms with E-state index in [9.17, 15) is 9.59 Å². The molecule has 0 aliphatic carbocycles. The molecule has 1 heterocycles. The highest BCUT2D eigenvalue weighted by Crippen LogP contribution is 2.03. The number of benzene rings is 1. The van der Waals surface area contributed by atoms with E-state index in [1.807, 2.05) is 11.0 Å². The summed E-state index contributed by atoms with van der Waals surface area (Å²) in [5.41, 5.74) is 5.22. The third-order valence-electron chi connectivity index (χ3n) is 3.15. The summed E-state index contributed by atoms with van der Waals surface area (Å²) < 4.78 is 5.30. The van der Waals surface area contributed by atoms with Crippen LogP contribution in [0.3, 0.4) is 0 Å². The minimum absolute atomic E-state index is 0.0666. The van der Waals surface area contributed by atoms with Crippen LogP contribution < -0.4 is 10.9 Å². The number of nitrogens with zero attached hydrogens (tertiary/aromatic N) is 1. The summed E-state index contributed by atoms with van der Waals surface area (Å²) in [5.74, 6) is -0.669. The molecule has 1 unspecified atom stereocenters. The van der Waals surface area contributed by atoms with Gasteiger partial charge in [-0.05, 0) is 12.1 Å². The van der Waals surface area contributed by atoms with Gasteiger partial charge < -0.3 is 9.84 Å². The predicted octanol–water partition coefficient (Wildman–Crippen LogP) is -0.859. The minimum atomic E-state index is -0.362. The summed E-state index contributed by atoms with van der Waals surface area (Å²) in [4.78, 5) is 25.4. The molecule has 21 heavy (non-hydrogen) atoms. The van der Waals surface area contributed by atoms with E-state index in [-0.39, 0.29) is 31.1 Å². The first-order chi connectivity index (χ1) is 10.2. The third-order valence-corrected chi connectivity index (χ3v) is 3.15. The number of hydrazine groups is 1. The second kappa shape index (κ2) is 7.72. The molecular weight excluding hydrogens is 274 g/mol. The van der Waals surface area contributed by atoms with Gasteiger partial charge in [0.2, 0.25) is 0 Å². The van der Waals surface area contributed by atoms with Crippen molar-refractivity contribution in [1.82, 2.24) is 15.8 Å². The van der Waals surface area contributed by atoms with E-state index in [0.717, 1.165) is 0 Å². The van der Waals surface area contributed by atoms with Gasteiger partial charge in [-0.25, -0.2) is 0 Å². The van der Waals surface area contributed by atoms with Gasteiger partial charge in [-0.3, -0.25) is 25.3 Å². The fourth-order valence-electron chi connectivity index (χ4n) is 2.07. The first-order valence-electron chi connectivity index (χ1n) is 6.78. The Morgan fingerprint density at radius 1 is 1.29 bits per heavy atom. The van der Waals surface area contributed by atoms with Crippen molar-refractivity contribution in [1.29, 1.82) is 0 Å². The van der Waals surface area contributed by atoms with Crippen LogP contribution in [0.2, 0.25) is 0 Å². The van der Waals surface area contributed by atoms with Crippen molar-refractivity contribution in [3.63, 3.8) is 0 Å². The van der Waals surface area contributed by atoms with E-state index in [1.165, 1.54) is 0 Å². The predicted molar refractivity (Wildman–Crippen MR) is 75.3 cm³/mol. The summed E-state index contributed by atoms with van der Waals surface area (Å²) in [6, 6.07) is 8.63. The first-order valence-corrected chi connectivity index (χ1v) is 6.78. The van der Waals surface area contributed by atoms with Gasteiger partial charge in [-0.15, -0.1) is 0 Å². The Morgan fingerprint density at radius 2 is 2.05 bits per heavy atom. The van der Waals surface area contributed by atoms with Gasteiger partial charge in [0.1, 0.15) is 0 Å². The van der Waals surface area contributed by atoms with Crippen LogP contribution in [0.15, 0.2) is 30.3 Å². The van der Waals surface area contributed by atoms with Crippen molar-refractivity contribution in [2.45, 2.75) is 6.10 Å². The Balaban J connectivity index is 1.73. The Bertz CT molecular complexity index is 480. The number of hydrogen-bond acceptors (Lipinski definition) is 5. The first kappa shape index (κ1) is 15.4. The van der Waals surface area contributed by atoms with Crippen LogP contribution in [0.25, 0.3) is 0 Å². The van der Waals surface area contributed by atoms with Crippen molar-refractivity contribution >= 4 is 11.8 Å². The Kier molecular flexibility index (Phi) is 5.68. The average Bonchev–Trinajstić information content (AvgIpc) is 2.53. The lowest BCUT2D eigenvalue weighted by molar-refractivity contribution is -0.125. The van der Waals surface area contributed by atoms with E-state index >= 15 is 0 Å². The molecule has 0 aromatic heterocycles. The monoisotopic (exact) mass is 293 g/mol. The number of rotatable bonds is 4. The van der Waals surface area contributed by atoms with Crippen LogP contribution in [0.5, 0.6) is 0 Å². The van der Waals surface area contributed by atoms with Crippen molar-refractivity contribution in [2.75, 3.05) is 32.8 Å². The second-order valence-electron chi connectivity index (χ2n) is 4.78.